The van der Waals surface area contributed by atoms with E-state index in [1.807, 2.05) is 32.9 Å². The fourth-order valence-electron chi connectivity index (χ4n) is 1.73. The first kappa shape index (κ1) is 17.0. The molecule has 0 fully saturated rings. The molecule has 0 atom stereocenters. The van der Waals surface area contributed by atoms with Gasteiger partial charge in [0.25, 0.3) is 5.91 Å². The Morgan fingerprint density at radius 3 is 2.52 bits per heavy atom. The van der Waals surface area contributed by atoms with Crippen LogP contribution in [0.3, 0.4) is 0 Å². The maximum atomic E-state index is 12.1. The summed E-state index contributed by atoms with van der Waals surface area (Å²) in [5.74, 6) is 0.198. The average molecular weight is 291 g/mol. The molecule has 2 amide bonds. The van der Waals surface area contributed by atoms with E-state index < -0.39 is 0 Å². The van der Waals surface area contributed by atoms with E-state index >= 15 is 0 Å². The SMILES string of the molecule is CCCNC(=O)CNc1ccccc1C(=O)NCC(C)C. The Morgan fingerprint density at radius 1 is 1.14 bits per heavy atom. The van der Waals surface area contributed by atoms with Crippen LogP contribution < -0.4 is 16.0 Å². The summed E-state index contributed by atoms with van der Waals surface area (Å²) in [6, 6.07) is 7.21. The number of anilines is 1. The van der Waals surface area contributed by atoms with E-state index in [9.17, 15) is 9.59 Å². The predicted molar refractivity (Wildman–Crippen MR) is 85.4 cm³/mol. The lowest BCUT2D eigenvalue weighted by atomic mass is 10.1. The quantitative estimate of drug-likeness (QED) is 0.686. The third-order valence-corrected chi connectivity index (χ3v) is 2.85. The number of benzene rings is 1. The summed E-state index contributed by atoms with van der Waals surface area (Å²) in [6.07, 6.45) is 0.903. The molecule has 5 nitrogen and oxygen atoms in total. The summed E-state index contributed by atoms with van der Waals surface area (Å²) in [4.78, 5) is 23.7. The van der Waals surface area contributed by atoms with Gasteiger partial charge < -0.3 is 16.0 Å². The Morgan fingerprint density at radius 2 is 1.86 bits per heavy atom. The highest BCUT2D eigenvalue weighted by Gasteiger charge is 2.11. The van der Waals surface area contributed by atoms with Gasteiger partial charge in [-0.15, -0.1) is 0 Å². The van der Waals surface area contributed by atoms with Gasteiger partial charge in [0.1, 0.15) is 0 Å². The van der Waals surface area contributed by atoms with Gasteiger partial charge in [-0.2, -0.15) is 0 Å². The summed E-state index contributed by atoms with van der Waals surface area (Å²) in [6.45, 7) is 7.54. The fraction of sp³-hybridized carbons (Fsp3) is 0.500. The Balaban J connectivity index is 2.62. The van der Waals surface area contributed by atoms with Gasteiger partial charge in [-0.3, -0.25) is 9.59 Å². The van der Waals surface area contributed by atoms with Crippen molar-refractivity contribution in [3.05, 3.63) is 29.8 Å². The van der Waals surface area contributed by atoms with Crippen molar-refractivity contribution in [3.63, 3.8) is 0 Å². The minimum absolute atomic E-state index is 0.0748. The maximum Gasteiger partial charge on any atom is 0.253 e. The second-order valence-electron chi connectivity index (χ2n) is 5.35. The minimum Gasteiger partial charge on any atom is -0.376 e. The second-order valence-corrected chi connectivity index (χ2v) is 5.35. The van der Waals surface area contributed by atoms with Crippen molar-refractivity contribution in [3.8, 4) is 0 Å². The van der Waals surface area contributed by atoms with Gasteiger partial charge in [0.15, 0.2) is 0 Å². The highest BCUT2D eigenvalue weighted by Crippen LogP contribution is 2.14. The number of para-hydroxylation sites is 1. The van der Waals surface area contributed by atoms with Gasteiger partial charge in [-0.1, -0.05) is 32.9 Å². The standard InChI is InChI=1S/C16H25N3O2/c1-4-9-17-15(20)11-18-14-8-6-5-7-13(14)16(21)19-10-12(2)3/h5-8,12,18H,4,9-11H2,1-3H3,(H,17,20)(H,19,21). The molecule has 5 heteroatoms. The molecule has 0 heterocycles. The Kier molecular flexibility index (Phi) is 7.29. The molecular formula is C16H25N3O2. The highest BCUT2D eigenvalue weighted by atomic mass is 16.2. The fourth-order valence-corrected chi connectivity index (χ4v) is 1.73. The van der Waals surface area contributed by atoms with Crippen molar-refractivity contribution < 1.29 is 9.59 Å². The average Bonchev–Trinajstić information content (AvgIpc) is 2.48. The van der Waals surface area contributed by atoms with Crippen LogP contribution in [-0.4, -0.2) is 31.4 Å². The molecule has 1 rings (SSSR count). The summed E-state index contributed by atoms with van der Waals surface area (Å²) in [7, 11) is 0. The minimum atomic E-state index is -0.124. The molecule has 0 aliphatic heterocycles. The molecule has 3 N–H and O–H groups in total. The summed E-state index contributed by atoms with van der Waals surface area (Å²) >= 11 is 0. The lowest BCUT2D eigenvalue weighted by molar-refractivity contribution is -0.119. The molecular weight excluding hydrogens is 266 g/mol. The van der Waals surface area contributed by atoms with Crippen LogP contribution in [-0.2, 0) is 4.79 Å². The molecule has 0 bridgehead atoms. The zero-order valence-corrected chi connectivity index (χ0v) is 13.0. The van der Waals surface area contributed by atoms with Gasteiger partial charge in [-0.05, 0) is 24.5 Å². The van der Waals surface area contributed by atoms with Crippen LogP contribution in [0.5, 0.6) is 0 Å². The van der Waals surface area contributed by atoms with Gasteiger partial charge in [0, 0.05) is 18.8 Å². The normalized spacial score (nSPS) is 10.3. The van der Waals surface area contributed by atoms with Crippen LogP contribution in [0.2, 0.25) is 0 Å². The Hall–Kier alpha value is -2.04. The Bertz CT molecular complexity index is 472. The van der Waals surface area contributed by atoms with Crippen molar-refractivity contribution in [1.29, 1.82) is 0 Å². The van der Waals surface area contributed by atoms with Crippen LogP contribution in [0.1, 0.15) is 37.6 Å². The molecule has 0 saturated carbocycles. The van der Waals surface area contributed by atoms with Crippen molar-refractivity contribution in [2.24, 2.45) is 5.92 Å². The van der Waals surface area contributed by atoms with E-state index in [4.69, 9.17) is 0 Å². The van der Waals surface area contributed by atoms with E-state index in [1.54, 1.807) is 12.1 Å². The van der Waals surface area contributed by atoms with E-state index in [1.165, 1.54) is 0 Å². The predicted octanol–water partition coefficient (Wildman–Crippen LogP) is 2.01. The number of hydrogen-bond acceptors (Lipinski definition) is 3. The van der Waals surface area contributed by atoms with E-state index in [-0.39, 0.29) is 18.4 Å². The van der Waals surface area contributed by atoms with Crippen LogP contribution in [0.25, 0.3) is 0 Å². The molecule has 0 aliphatic rings. The summed E-state index contributed by atoms with van der Waals surface area (Å²) in [5, 5.41) is 8.69. The number of amides is 2. The molecule has 1 aromatic carbocycles. The van der Waals surface area contributed by atoms with Gasteiger partial charge >= 0.3 is 0 Å². The van der Waals surface area contributed by atoms with Crippen LogP contribution >= 0.6 is 0 Å². The first-order chi connectivity index (χ1) is 10.0. The maximum absolute atomic E-state index is 12.1. The number of nitrogens with one attached hydrogen (secondary N) is 3. The van der Waals surface area contributed by atoms with Crippen molar-refractivity contribution in [2.75, 3.05) is 25.0 Å². The topological polar surface area (TPSA) is 70.2 Å². The summed E-state index contributed by atoms with van der Waals surface area (Å²) in [5.41, 5.74) is 1.23. The highest BCUT2D eigenvalue weighted by molar-refractivity contribution is 6.00. The van der Waals surface area contributed by atoms with Gasteiger partial charge in [0.05, 0.1) is 12.1 Å². The molecule has 21 heavy (non-hydrogen) atoms. The molecule has 0 aromatic heterocycles. The summed E-state index contributed by atoms with van der Waals surface area (Å²) < 4.78 is 0. The van der Waals surface area contributed by atoms with E-state index in [0.717, 1.165) is 6.42 Å². The third-order valence-electron chi connectivity index (χ3n) is 2.85. The van der Waals surface area contributed by atoms with Crippen LogP contribution in [0, 0.1) is 5.92 Å². The zero-order chi connectivity index (χ0) is 15.7. The molecule has 0 saturated heterocycles. The van der Waals surface area contributed by atoms with Crippen molar-refractivity contribution in [1.82, 2.24) is 10.6 Å². The molecule has 0 radical (unpaired) electrons. The lowest BCUT2D eigenvalue weighted by Crippen LogP contribution is -2.31. The first-order valence-corrected chi connectivity index (χ1v) is 7.42. The van der Waals surface area contributed by atoms with Crippen LogP contribution in [0.15, 0.2) is 24.3 Å². The number of carbonyl (C=O) groups excluding carboxylic acids is 2. The monoisotopic (exact) mass is 291 g/mol. The van der Waals surface area contributed by atoms with Gasteiger partial charge in [-0.25, -0.2) is 0 Å². The van der Waals surface area contributed by atoms with Crippen molar-refractivity contribution >= 4 is 17.5 Å². The molecule has 116 valence electrons. The van der Waals surface area contributed by atoms with Gasteiger partial charge in [0.2, 0.25) is 5.91 Å². The van der Waals surface area contributed by atoms with Crippen molar-refractivity contribution in [2.45, 2.75) is 27.2 Å². The van der Waals surface area contributed by atoms with E-state index in [0.29, 0.717) is 30.3 Å². The molecule has 0 spiro atoms. The molecule has 1 aromatic rings. The van der Waals surface area contributed by atoms with Crippen LogP contribution in [0.4, 0.5) is 5.69 Å². The number of rotatable bonds is 8. The largest absolute Gasteiger partial charge is 0.376 e. The second kappa shape index (κ2) is 9.00. The number of hydrogen-bond donors (Lipinski definition) is 3. The lowest BCUT2D eigenvalue weighted by Gasteiger charge is -2.13. The van der Waals surface area contributed by atoms with E-state index in [2.05, 4.69) is 16.0 Å². The zero-order valence-electron chi connectivity index (χ0n) is 13.0. The molecule has 0 unspecified atom stereocenters. The first-order valence-electron chi connectivity index (χ1n) is 7.42. The number of carbonyl (C=O) groups is 2. The Labute approximate surface area is 126 Å². The molecule has 0 aliphatic carbocycles. The smallest absolute Gasteiger partial charge is 0.253 e. The third kappa shape index (κ3) is 6.29.